The van der Waals surface area contributed by atoms with Crippen molar-refractivity contribution in [2.24, 2.45) is 0 Å². The molecule has 68 heavy (non-hydrogen) atoms. The quantitative estimate of drug-likeness (QED) is 0.166. The minimum atomic E-state index is -0.561. The Morgan fingerprint density at radius 2 is 1.21 bits per heavy atom. The van der Waals surface area contributed by atoms with E-state index in [0.29, 0.717) is 24.5 Å². The monoisotopic (exact) mass is 994 g/mol. The van der Waals surface area contributed by atoms with Crippen LogP contribution in [0.15, 0.2) is 78.0 Å². The summed E-state index contributed by atoms with van der Waals surface area (Å²) in [5.41, 5.74) is 6.26. The molecule has 0 spiro atoms. The summed E-state index contributed by atoms with van der Waals surface area (Å²) in [6, 6.07) is 14.4. The van der Waals surface area contributed by atoms with Crippen LogP contribution in [0.2, 0.25) is 0 Å². The van der Waals surface area contributed by atoms with Gasteiger partial charge in [0.1, 0.15) is 32.5 Å². The first-order valence-electron chi connectivity index (χ1n) is 22.1. The highest BCUT2D eigenvalue weighted by molar-refractivity contribution is 7.20. The van der Waals surface area contributed by atoms with Crippen molar-refractivity contribution in [3.8, 4) is 0 Å². The highest BCUT2D eigenvalue weighted by atomic mass is 32.1. The minimum Gasteiger partial charge on any atom is -0.444 e. The molecule has 12 nitrogen and oxygen atoms in total. The predicted molar refractivity (Wildman–Crippen MR) is 274 cm³/mol. The van der Waals surface area contributed by atoms with Crippen LogP contribution in [-0.2, 0) is 9.47 Å². The van der Waals surface area contributed by atoms with Crippen molar-refractivity contribution in [1.82, 2.24) is 29.7 Å². The lowest BCUT2D eigenvalue weighted by Crippen LogP contribution is -2.47. The second-order valence-electron chi connectivity index (χ2n) is 19.9. The van der Waals surface area contributed by atoms with E-state index in [9.17, 15) is 18.4 Å². The summed E-state index contributed by atoms with van der Waals surface area (Å²) in [6.07, 6.45) is 5.74. The molecular formula is C50H52F2N8O4S4. The lowest BCUT2D eigenvalue weighted by Gasteiger charge is -2.36. The van der Waals surface area contributed by atoms with Crippen molar-refractivity contribution in [2.45, 2.75) is 104 Å². The zero-order valence-corrected chi connectivity index (χ0v) is 42.7. The van der Waals surface area contributed by atoms with Crippen molar-refractivity contribution in [1.29, 1.82) is 0 Å². The Kier molecular flexibility index (Phi) is 12.2. The van der Waals surface area contributed by atoms with Crippen molar-refractivity contribution >= 4 is 127 Å². The summed E-state index contributed by atoms with van der Waals surface area (Å²) in [5.74, 6) is -0.498. The summed E-state index contributed by atoms with van der Waals surface area (Å²) in [4.78, 5) is 50.8. The molecule has 2 aliphatic heterocycles. The fourth-order valence-corrected chi connectivity index (χ4v) is 12.6. The van der Waals surface area contributed by atoms with E-state index in [0.717, 1.165) is 74.0 Å². The Labute approximate surface area is 409 Å². The van der Waals surface area contributed by atoms with Crippen molar-refractivity contribution < 1.29 is 27.8 Å². The number of likely N-dealkylation sites (tertiary alicyclic amines) is 1. The number of carbonyl (C=O) groups is 2. The van der Waals surface area contributed by atoms with Crippen LogP contribution in [0.3, 0.4) is 0 Å². The molecule has 2 N–H and O–H groups in total. The van der Waals surface area contributed by atoms with E-state index in [1.54, 1.807) is 63.1 Å². The van der Waals surface area contributed by atoms with E-state index in [-0.39, 0.29) is 29.7 Å². The number of anilines is 4. The maximum absolute atomic E-state index is 14.7. The zero-order chi connectivity index (χ0) is 48.5. The first kappa shape index (κ1) is 47.3. The van der Waals surface area contributed by atoms with E-state index >= 15 is 0 Å². The molecule has 6 aromatic heterocycles. The maximum atomic E-state index is 14.7. The molecule has 1 unspecified atom stereocenters. The number of halogens is 2. The number of amides is 2. The summed E-state index contributed by atoms with van der Waals surface area (Å²) in [5, 5.41) is 8.31. The van der Waals surface area contributed by atoms with Gasteiger partial charge in [0.25, 0.3) is 0 Å². The van der Waals surface area contributed by atoms with Gasteiger partial charge in [0.05, 0.1) is 59.7 Å². The van der Waals surface area contributed by atoms with Gasteiger partial charge >= 0.3 is 12.2 Å². The number of aromatic nitrogens is 4. The number of pyridine rings is 2. The second kappa shape index (κ2) is 17.6. The zero-order valence-electron chi connectivity index (χ0n) is 39.4. The van der Waals surface area contributed by atoms with Crippen LogP contribution in [0.1, 0.15) is 91.3 Å². The molecule has 10 rings (SSSR count). The van der Waals surface area contributed by atoms with Gasteiger partial charge in [-0.3, -0.25) is 4.90 Å². The van der Waals surface area contributed by atoms with Gasteiger partial charge in [0.15, 0.2) is 0 Å². The SMILES string of the molecule is CC(C)(C)OC(=O)N1CC=C(c2cc3c(Nc4cc5ncsc5cc4F)ccnc3s2)C1(C)C.CC(C)(C)OC(=O)N1CCC(c2cc3c(Nc4cc5ncsc5cc4F)ccnc3s2)C1(C)C. The number of thiophene rings is 2. The summed E-state index contributed by atoms with van der Waals surface area (Å²) < 4.78 is 42.3. The molecule has 1 saturated heterocycles. The summed E-state index contributed by atoms with van der Waals surface area (Å²) in [6.45, 7) is 20.6. The number of thiazole rings is 2. The number of nitrogens with zero attached hydrogens (tertiary/aromatic N) is 6. The number of fused-ring (bicyclic) bond motifs is 4. The third kappa shape index (κ3) is 9.34. The molecule has 0 bridgehead atoms. The number of rotatable bonds is 6. The Balaban J connectivity index is 0.000000170. The number of benzene rings is 2. The number of hydrogen-bond donors (Lipinski definition) is 2. The highest BCUT2D eigenvalue weighted by Crippen LogP contribution is 2.47. The van der Waals surface area contributed by atoms with Crippen LogP contribution in [0, 0.1) is 11.6 Å². The third-order valence-electron chi connectivity index (χ3n) is 12.1. The lowest BCUT2D eigenvalue weighted by atomic mass is 9.87. The van der Waals surface area contributed by atoms with Crippen LogP contribution >= 0.6 is 45.3 Å². The topological polar surface area (TPSA) is 135 Å². The Morgan fingerprint density at radius 3 is 1.75 bits per heavy atom. The van der Waals surface area contributed by atoms with E-state index in [1.807, 2.05) is 72.4 Å². The fourth-order valence-electron chi connectivity index (χ4n) is 8.71. The Hall–Kier alpha value is -5.82. The molecule has 18 heteroatoms. The molecule has 0 aliphatic carbocycles. The van der Waals surface area contributed by atoms with E-state index < -0.39 is 22.3 Å². The van der Waals surface area contributed by atoms with Crippen LogP contribution in [0.5, 0.6) is 0 Å². The average molecular weight is 995 g/mol. The summed E-state index contributed by atoms with van der Waals surface area (Å²) in [7, 11) is 0. The molecule has 354 valence electrons. The van der Waals surface area contributed by atoms with E-state index in [2.05, 4.69) is 62.6 Å². The van der Waals surface area contributed by atoms with E-state index in [1.165, 1.54) is 34.8 Å². The van der Waals surface area contributed by atoms with Gasteiger partial charge in [-0.05, 0) is 130 Å². The van der Waals surface area contributed by atoms with Crippen molar-refractivity contribution in [3.05, 3.63) is 99.4 Å². The van der Waals surface area contributed by atoms with Crippen molar-refractivity contribution in [2.75, 3.05) is 23.7 Å². The van der Waals surface area contributed by atoms with Gasteiger partial charge in [-0.25, -0.2) is 38.3 Å². The molecular weight excluding hydrogens is 943 g/mol. The standard InChI is InChI=1S/C25H27FN4O2S2.C25H25FN4O2S2/c2*1-24(2,3)32-23(31)30-9-7-15(25(30,4)5)20-10-14-17(6-8-27-22(14)34-20)29-18-12-19-21(11-16(18)26)33-13-28-19/h6,8,10-13,15H,7,9H2,1-5H3,(H,27,29);6-8,10-13H,9H2,1-5H3,(H,27,29). The molecule has 8 heterocycles. The highest BCUT2D eigenvalue weighted by Gasteiger charge is 2.47. The fraction of sp³-hybridized carbons (Fsp3) is 0.360. The van der Waals surface area contributed by atoms with Gasteiger partial charge in [0, 0.05) is 57.5 Å². The molecule has 1 fully saturated rings. The number of hydrogen-bond acceptors (Lipinski definition) is 14. The van der Waals surface area contributed by atoms with Crippen molar-refractivity contribution in [3.63, 3.8) is 0 Å². The lowest BCUT2D eigenvalue weighted by molar-refractivity contribution is 0.0117. The normalized spacial score (nSPS) is 16.9. The minimum absolute atomic E-state index is 0.148. The first-order valence-corrected chi connectivity index (χ1v) is 25.5. The Bertz CT molecular complexity index is 3240. The molecule has 8 aromatic rings. The average Bonchev–Trinajstić information content (AvgIpc) is 4.10. The Morgan fingerprint density at radius 1 is 0.691 bits per heavy atom. The molecule has 2 amide bonds. The molecule has 0 saturated carbocycles. The van der Waals surface area contributed by atoms with Gasteiger partial charge in [-0.15, -0.1) is 45.3 Å². The van der Waals surface area contributed by atoms with Crippen LogP contribution < -0.4 is 10.6 Å². The smallest absolute Gasteiger partial charge is 0.411 e. The van der Waals surface area contributed by atoms with Gasteiger partial charge < -0.3 is 25.0 Å². The number of nitrogens with one attached hydrogen (secondary N) is 2. The van der Waals surface area contributed by atoms with Crippen LogP contribution in [0.4, 0.5) is 41.1 Å². The van der Waals surface area contributed by atoms with E-state index in [4.69, 9.17) is 9.47 Å². The molecule has 2 aliphatic rings. The number of ether oxygens (including phenoxy) is 2. The third-order valence-corrected chi connectivity index (χ3v) is 15.9. The molecule has 2 aromatic carbocycles. The first-order chi connectivity index (χ1) is 32.1. The van der Waals surface area contributed by atoms with Gasteiger partial charge in [-0.2, -0.15) is 0 Å². The van der Waals surface area contributed by atoms with Crippen LogP contribution in [0.25, 0.3) is 46.4 Å². The second-order valence-corrected chi connectivity index (χ2v) is 23.7. The summed E-state index contributed by atoms with van der Waals surface area (Å²) >= 11 is 6.00. The van der Waals surface area contributed by atoms with Gasteiger partial charge in [-0.1, -0.05) is 6.08 Å². The maximum Gasteiger partial charge on any atom is 0.411 e. The number of carbonyl (C=O) groups excluding carboxylic acids is 2. The predicted octanol–water partition coefficient (Wildman–Crippen LogP) is 14.5. The molecule has 0 radical (unpaired) electrons. The molecule has 1 atom stereocenters. The van der Waals surface area contributed by atoms with Crippen LogP contribution in [-0.4, -0.2) is 77.3 Å². The largest absolute Gasteiger partial charge is 0.444 e. The van der Waals surface area contributed by atoms with Gasteiger partial charge in [0.2, 0.25) is 0 Å².